The van der Waals surface area contributed by atoms with Gasteiger partial charge in [0.2, 0.25) is 5.91 Å². The van der Waals surface area contributed by atoms with Crippen LogP contribution in [0.4, 0.5) is 0 Å². The van der Waals surface area contributed by atoms with Crippen LogP contribution in [0.2, 0.25) is 0 Å². The Balaban J connectivity index is 1.81. The molecule has 1 N–H and O–H groups in total. The molecule has 0 radical (unpaired) electrons. The summed E-state index contributed by atoms with van der Waals surface area (Å²) < 4.78 is 5.92. The third-order valence-corrected chi connectivity index (χ3v) is 5.58. The monoisotopic (exact) mass is 376 g/mol. The minimum atomic E-state index is -0.0983. The van der Waals surface area contributed by atoms with Gasteiger partial charge in [0.1, 0.15) is 5.76 Å². The topological polar surface area (TPSA) is 55.1 Å². The van der Waals surface area contributed by atoms with Gasteiger partial charge in [0.15, 0.2) is 5.89 Å². The molecule has 27 heavy (non-hydrogen) atoms. The lowest BCUT2D eigenvalue weighted by atomic mass is 9.97. The molecule has 0 aromatic carbocycles. The molecule has 4 nitrogen and oxygen atoms in total. The van der Waals surface area contributed by atoms with E-state index in [0.717, 1.165) is 30.2 Å². The van der Waals surface area contributed by atoms with Gasteiger partial charge >= 0.3 is 0 Å². The van der Waals surface area contributed by atoms with E-state index in [2.05, 4.69) is 31.1 Å². The van der Waals surface area contributed by atoms with Crippen molar-refractivity contribution in [1.82, 2.24) is 10.3 Å². The van der Waals surface area contributed by atoms with Crippen LogP contribution in [0.15, 0.2) is 4.42 Å². The SMILES string of the molecule is Cc1nc(C(C)(C)C)oc1CCC(=O)NC1CCCCCCCCCCC1. The van der Waals surface area contributed by atoms with E-state index in [1.807, 2.05) is 6.92 Å². The van der Waals surface area contributed by atoms with Crippen molar-refractivity contribution in [3.63, 3.8) is 0 Å². The largest absolute Gasteiger partial charge is 0.445 e. The first kappa shape index (κ1) is 22.0. The average molecular weight is 377 g/mol. The van der Waals surface area contributed by atoms with Gasteiger partial charge in [-0.15, -0.1) is 0 Å². The van der Waals surface area contributed by atoms with Crippen molar-refractivity contribution in [2.45, 2.75) is 123 Å². The fraction of sp³-hybridized carbons (Fsp3) is 0.826. The van der Waals surface area contributed by atoms with Crippen molar-refractivity contribution in [2.24, 2.45) is 0 Å². The van der Waals surface area contributed by atoms with Crippen LogP contribution in [-0.4, -0.2) is 16.9 Å². The number of aryl methyl sites for hydroxylation is 2. The highest BCUT2D eigenvalue weighted by molar-refractivity contribution is 5.76. The zero-order valence-electron chi connectivity index (χ0n) is 18.0. The summed E-state index contributed by atoms with van der Waals surface area (Å²) in [6.45, 7) is 8.26. The third-order valence-electron chi connectivity index (χ3n) is 5.58. The molecule has 1 heterocycles. The van der Waals surface area contributed by atoms with Gasteiger partial charge in [0.05, 0.1) is 5.69 Å². The third kappa shape index (κ3) is 8.06. The highest BCUT2D eigenvalue weighted by atomic mass is 16.4. The number of carbonyl (C=O) groups is 1. The van der Waals surface area contributed by atoms with Gasteiger partial charge in [0, 0.05) is 24.3 Å². The number of rotatable bonds is 4. The van der Waals surface area contributed by atoms with Gasteiger partial charge in [-0.05, 0) is 19.8 Å². The van der Waals surface area contributed by atoms with Crippen LogP contribution in [0.1, 0.15) is 115 Å². The normalized spacial score (nSPS) is 18.5. The van der Waals surface area contributed by atoms with Crippen LogP contribution in [-0.2, 0) is 16.6 Å². The minimum absolute atomic E-state index is 0.0983. The van der Waals surface area contributed by atoms with E-state index in [0.29, 0.717) is 18.9 Å². The van der Waals surface area contributed by atoms with Crippen LogP contribution in [0.25, 0.3) is 0 Å². The van der Waals surface area contributed by atoms with Crippen molar-refractivity contribution in [3.05, 3.63) is 17.3 Å². The quantitative estimate of drug-likeness (QED) is 0.701. The van der Waals surface area contributed by atoms with E-state index >= 15 is 0 Å². The van der Waals surface area contributed by atoms with Crippen LogP contribution >= 0.6 is 0 Å². The summed E-state index contributed by atoms with van der Waals surface area (Å²) in [5.74, 6) is 1.77. The summed E-state index contributed by atoms with van der Waals surface area (Å²) in [6.07, 6.45) is 15.3. The van der Waals surface area contributed by atoms with Crippen LogP contribution in [0.3, 0.4) is 0 Å². The van der Waals surface area contributed by atoms with Gasteiger partial charge in [-0.25, -0.2) is 4.98 Å². The molecule has 154 valence electrons. The molecule has 1 fully saturated rings. The Labute approximate surface area is 165 Å². The van der Waals surface area contributed by atoms with Gasteiger partial charge in [-0.3, -0.25) is 4.79 Å². The number of carbonyl (C=O) groups excluding carboxylic acids is 1. The second-order valence-corrected chi connectivity index (χ2v) is 9.30. The summed E-state index contributed by atoms with van der Waals surface area (Å²) in [4.78, 5) is 17.0. The first-order chi connectivity index (χ1) is 12.9. The molecule has 2 rings (SSSR count). The number of nitrogens with zero attached hydrogens (tertiary/aromatic N) is 1. The summed E-state index contributed by atoms with van der Waals surface area (Å²) in [6, 6.07) is 0.345. The maximum absolute atomic E-state index is 12.5. The minimum Gasteiger partial charge on any atom is -0.445 e. The Kier molecular flexibility index (Phi) is 8.85. The molecule has 1 aliphatic carbocycles. The second-order valence-electron chi connectivity index (χ2n) is 9.30. The van der Waals surface area contributed by atoms with E-state index < -0.39 is 0 Å². The van der Waals surface area contributed by atoms with Crippen LogP contribution in [0.5, 0.6) is 0 Å². The Hall–Kier alpha value is -1.32. The van der Waals surface area contributed by atoms with Crippen LogP contribution in [0, 0.1) is 6.92 Å². The van der Waals surface area contributed by atoms with Gasteiger partial charge < -0.3 is 9.73 Å². The molecule has 1 aromatic heterocycles. The Morgan fingerprint density at radius 2 is 1.52 bits per heavy atom. The molecule has 0 bridgehead atoms. The van der Waals surface area contributed by atoms with E-state index in [9.17, 15) is 4.79 Å². The number of aromatic nitrogens is 1. The molecule has 0 atom stereocenters. The fourth-order valence-corrected chi connectivity index (χ4v) is 3.82. The average Bonchev–Trinajstić information content (AvgIpc) is 2.97. The lowest BCUT2D eigenvalue weighted by Crippen LogP contribution is -2.35. The zero-order chi connectivity index (χ0) is 19.7. The molecule has 0 unspecified atom stereocenters. The van der Waals surface area contributed by atoms with Crippen molar-refractivity contribution >= 4 is 5.91 Å². The number of nitrogens with one attached hydrogen (secondary N) is 1. The number of amides is 1. The van der Waals surface area contributed by atoms with E-state index in [4.69, 9.17) is 4.42 Å². The molecular weight excluding hydrogens is 336 g/mol. The Bertz CT molecular complexity index is 559. The van der Waals surface area contributed by atoms with E-state index in [1.165, 1.54) is 57.8 Å². The fourth-order valence-electron chi connectivity index (χ4n) is 3.82. The second kappa shape index (κ2) is 10.9. The summed E-state index contributed by atoms with van der Waals surface area (Å²) in [7, 11) is 0. The number of hydrogen-bond donors (Lipinski definition) is 1. The molecule has 1 amide bonds. The molecule has 4 heteroatoms. The Morgan fingerprint density at radius 3 is 2.00 bits per heavy atom. The number of oxazole rings is 1. The van der Waals surface area contributed by atoms with Gasteiger partial charge in [-0.1, -0.05) is 78.6 Å². The smallest absolute Gasteiger partial charge is 0.220 e. The maximum Gasteiger partial charge on any atom is 0.220 e. The first-order valence-electron chi connectivity index (χ1n) is 11.1. The molecule has 1 aliphatic rings. The lowest BCUT2D eigenvalue weighted by molar-refractivity contribution is -0.121. The molecule has 0 aliphatic heterocycles. The molecular formula is C23H40N2O2. The number of hydrogen-bond acceptors (Lipinski definition) is 3. The predicted octanol–water partition coefficient (Wildman–Crippen LogP) is 6.00. The lowest BCUT2D eigenvalue weighted by Gasteiger charge is -2.19. The molecule has 1 aromatic rings. The summed E-state index contributed by atoms with van der Waals surface area (Å²) in [5.41, 5.74) is 0.817. The van der Waals surface area contributed by atoms with Crippen molar-refractivity contribution in [2.75, 3.05) is 0 Å². The standard InChI is InChI=1S/C23H40N2O2/c1-18-20(27-22(24-18)23(2,3)4)16-17-21(26)25-19-14-12-10-8-6-5-7-9-11-13-15-19/h19H,5-17H2,1-4H3,(H,25,26). The molecule has 1 saturated carbocycles. The maximum atomic E-state index is 12.5. The van der Waals surface area contributed by atoms with Crippen molar-refractivity contribution < 1.29 is 9.21 Å². The highest BCUT2D eigenvalue weighted by Gasteiger charge is 2.22. The van der Waals surface area contributed by atoms with Gasteiger partial charge in [0.25, 0.3) is 0 Å². The molecule has 0 spiro atoms. The van der Waals surface area contributed by atoms with Gasteiger partial charge in [-0.2, -0.15) is 0 Å². The Morgan fingerprint density at radius 1 is 1.00 bits per heavy atom. The first-order valence-corrected chi connectivity index (χ1v) is 11.1. The highest BCUT2D eigenvalue weighted by Crippen LogP contribution is 2.24. The van der Waals surface area contributed by atoms with E-state index in [-0.39, 0.29) is 11.3 Å². The predicted molar refractivity (Wildman–Crippen MR) is 111 cm³/mol. The van der Waals surface area contributed by atoms with Crippen molar-refractivity contribution in [1.29, 1.82) is 0 Å². The molecule has 0 saturated heterocycles. The van der Waals surface area contributed by atoms with Crippen molar-refractivity contribution in [3.8, 4) is 0 Å². The zero-order valence-corrected chi connectivity index (χ0v) is 18.0. The summed E-state index contributed by atoms with van der Waals surface area (Å²) in [5, 5.41) is 3.30. The summed E-state index contributed by atoms with van der Waals surface area (Å²) >= 11 is 0. The van der Waals surface area contributed by atoms with Crippen LogP contribution < -0.4 is 5.32 Å². The van der Waals surface area contributed by atoms with E-state index in [1.54, 1.807) is 0 Å².